The van der Waals surface area contributed by atoms with Gasteiger partial charge in [0.05, 0.1) is 17.1 Å². The Hall–Kier alpha value is -0.830. The van der Waals surface area contributed by atoms with Crippen molar-refractivity contribution in [3.63, 3.8) is 0 Å². The lowest BCUT2D eigenvalue weighted by Crippen LogP contribution is -2.19. The third-order valence-electron chi connectivity index (χ3n) is 3.42. The first kappa shape index (κ1) is 13.6. The Morgan fingerprint density at radius 2 is 2.11 bits per heavy atom. The van der Waals surface area contributed by atoms with Gasteiger partial charge in [-0.1, -0.05) is 24.4 Å². The van der Waals surface area contributed by atoms with Crippen molar-refractivity contribution in [1.82, 2.24) is 0 Å². The molecule has 2 rings (SSSR count). The molecule has 0 bridgehead atoms. The Bertz CT molecular complexity index is 506. The molecule has 5 heteroatoms. The van der Waals surface area contributed by atoms with Gasteiger partial charge in [0.1, 0.15) is 5.75 Å². The van der Waals surface area contributed by atoms with Crippen LogP contribution < -0.4 is 4.74 Å². The van der Waals surface area contributed by atoms with Gasteiger partial charge >= 0.3 is 0 Å². The Kier molecular flexibility index (Phi) is 4.10. The van der Waals surface area contributed by atoms with Crippen LogP contribution >= 0.6 is 27.5 Å². The number of hydrogen-bond acceptors (Lipinski definition) is 3. The van der Waals surface area contributed by atoms with E-state index in [1.807, 2.05) is 6.07 Å². The fourth-order valence-corrected chi connectivity index (χ4v) is 3.51. The smallest absolute Gasteiger partial charge is 0.235 e. The van der Waals surface area contributed by atoms with E-state index in [1.165, 1.54) is 0 Å². The molecule has 0 aromatic heterocycles. The van der Waals surface area contributed by atoms with Crippen LogP contribution in [-0.2, 0) is 10.3 Å². The number of aliphatic imine (C=N–C) groups is 1. The first-order valence-electron chi connectivity index (χ1n) is 5.75. The van der Waals surface area contributed by atoms with E-state index < -0.39 is 5.54 Å². The van der Waals surface area contributed by atoms with E-state index in [-0.39, 0.29) is 0 Å². The highest BCUT2D eigenvalue weighted by Crippen LogP contribution is 2.47. The fraction of sp³-hybridized carbons (Fsp3) is 0.462. The average Bonchev–Trinajstić information content (AvgIpc) is 2.81. The second kappa shape index (κ2) is 5.43. The maximum atomic E-state index is 10.7. The number of carbonyl (C=O) groups excluding carboxylic acids is 1. The van der Waals surface area contributed by atoms with E-state index in [4.69, 9.17) is 16.3 Å². The van der Waals surface area contributed by atoms with Crippen molar-refractivity contribution in [3.8, 4) is 5.75 Å². The zero-order valence-electron chi connectivity index (χ0n) is 10.0. The molecule has 0 N–H and O–H groups in total. The predicted octanol–water partition coefficient (Wildman–Crippen LogP) is 4.22. The van der Waals surface area contributed by atoms with Crippen LogP contribution in [0.3, 0.4) is 0 Å². The van der Waals surface area contributed by atoms with Gasteiger partial charge < -0.3 is 4.74 Å². The van der Waals surface area contributed by atoms with Gasteiger partial charge in [0.2, 0.25) is 6.08 Å². The Morgan fingerprint density at radius 1 is 1.44 bits per heavy atom. The summed E-state index contributed by atoms with van der Waals surface area (Å²) in [6, 6.07) is 3.59. The highest BCUT2D eigenvalue weighted by atomic mass is 79.9. The van der Waals surface area contributed by atoms with Crippen molar-refractivity contribution in [2.45, 2.75) is 31.2 Å². The second-order valence-corrected chi connectivity index (χ2v) is 5.64. The third kappa shape index (κ3) is 2.33. The fourth-order valence-electron chi connectivity index (χ4n) is 2.54. The Morgan fingerprint density at radius 3 is 2.67 bits per heavy atom. The summed E-state index contributed by atoms with van der Waals surface area (Å²) in [5.74, 6) is 0.657. The molecular formula is C13H13BrClNO2. The molecule has 0 amide bonds. The topological polar surface area (TPSA) is 38.7 Å². The molecule has 1 aromatic carbocycles. The molecule has 1 fully saturated rings. The van der Waals surface area contributed by atoms with Gasteiger partial charge in [0, 0.05) is 5.02 Å². The highest BCUT2D eigenvalue weighted by molar-refractivity contribution is 9.10. The quantitative estimate of drug-likeness (QED) is 0.615. The van der Waals surface area contributed by atoms with Crippen LogP contribution in [0.5, 0.6) is 5.75 Å². The summed E-state index contributed by atoms with van der Waals surface area (Å²) in [5.41, 5.74) is 0.409. The molecule has 0 aliphatic heterocycles. The average molecular weight is 331 g/mol. The monoisotopic (exact) mass is 329 g/mol. The van der Waals surface area contributed by atoms with E-state index in [0.717, 1.165) is 35.7 Å². The minimum atomic E-state index is -0.501. The van der Waals surface area contributed by atoms with Gasteiger partial charge in [-0.3, -0.25) is 0 Å². The molecular weight excluding hydrogens is 318 g/mol. The van der Waals surface area contributed by atoms with E-state index in [0.29, 0.717) is 10.8 Å². The van der Waals surface area contributed by atoms with Crippen LogP contribution in [0, 0.1) is 0 Å². The van der Waals surface area contributed by atoms with Crippen LogP contribution in [0.2, 0.25) is 5.02 Å². The number of hydrogen-bond donors (Lipinski definition) is 0. The van der Waals surface area contributed by atoms with E-state index in [9.17, 15) is 4.79 Å². The largest absolute Gasteiger partial charge is 0.496 e. The number of nitrogens with zero attached hydrogens (tertiary/aromatic N) is 1. The number of benzene rings is 1. The van der Waals surface area contributed by atoms with E-state index in [1.54, 1.807) is 19.3 Å². The summed E-state index contributed by atoms with van der Waals surface area (Å²) >= 11 is 9.62. The summed E-state index contributed by atoms with van der Waals surface area (Å²) in [6.45, 7) is 0. The van der Waals surface area contributed by atoms with Gasteiger partial charge in [0.25, 0.3) is 0 Å². The van der Waals surface area contributed by atoms with Gasteiger partial charge in [0.15, 0.2) is 0 Å². The minimum Gasteiger partial charge on any atom is -0.496 e. The zero-order chi connectivity index (χ0) is 13.2. The molecule has 0 unspecified atom stereocenters. The van der Waals surface area contributed by atoms with Crippen molar-refractivity contribution in [2.24, 2.45) is 4.99 Å². The molecule has 96 valence electrons. The molecule has 0 atom stereocenters. The number of ether oxygens (including phenoxy) is 1. The summed E-state index contributed by atoms with van der Waals surface area (Å²) < 4.78 is 6.09. The maximum absolute atomic E-state index is 10.7. The van der Waals surface area contributed by atoms with Crippen LogP contribution in [0.4, 0.5) is 0 Å². The number of halogens is 2. The molecule has 3 nitrogen and oxygen atoms in total. The van der Waals surface area contributed by atoms with E-state index in [2.05, 4.69) is 20.9 Å². The number of methoxy groups -OCH3 is 1. The predicted molar refractivity (Wildman–Crippen MR) is 74.0 cm³/mol. The standard InChI is InChI=1S/C13H13BrClNO2/c1-18-11-7-9(15)6-10(12(11)14)13(16-8-17)4-2-3-5-13/h6-7H,2-5H2,1H3. The molecule has 0 spiro atoms. The van der Waals surface area contributed by atoms with Crippen molar-refractivity contribution in [2.75, 3.05) is 7.11 Å². The summed E-state index contributed by atoms with van der Waals surface area (Å²) in [4.78, 5) is 14.8. The summed E-state index contributed by atoms with van der Waals surface area (Å²) in [7, 11) is 1.59. The molecule has 1 aromatic rings. The second-order valence-electron chi connectivity index (χ2n) is 4.41. The third-order valence-corrected chi connectivity index (χ3v) is 4.45. The molecule has 0 heterocycles. The molecule has 1 aliphatic carbocycles. The van der Waals surface area contributed by atoms with Crippen molar-refractivity contribution >= 4 is 33.6 Å². The lowest BCUT2D eigenvalue weighted by Gasteiger charge is -2.25. The van der Waals surface area contributed by atoms with Gasteiger partial charge in [-0.05, 0) is 46.5 Å². The maximum Gasteiger partial charge on any atom is 0.235 e. The number of isocyanates is 1. The zero-order valence-corrected chi connectivity index (χ0v) is 12.3. The van der Waals surface area contributed by atoms with Crippen molar-refractivity contribution in [3.05, 3.63) is 27.2 Å². The lowest BCUT2D eigenvalue weighted by molar-refractivity contribution is 0.404. The van der Waals surface area contributed by atoms with Crippen molar-refractivity contribution in [1.29, 1.82) is 0 Å². The van der Waals surface area contributed by atoms with Gasteiger partial charge in [-0.2, -0.15) is 4.99 Å². The molecule has 1 aliphatic rings. The lowest BCUT2D eigenvalue weighted by atomic mass is 9.89. The molecule has 0 saturated heterocycles. The summed E-state index contributed by atoms with van der Waals surface area (Å²) in [6.07, 6.45) is 5.47. The van der Waals surface area contributed by atoms with Gasteiger partial charge in [-0.25, -0.2) is 4.79 Å². The molecule has 18 heavy (non-hydrogen) atoms. The number of rotatable bonds is 3. The van der Waals surface area contributed by atoms with Crippen LogP contribution in [0.15, 0.2) is 21.6 Å². The molecule has 0 radical (unpaired) electrons. The highest BCUT2D eigenvalue weighted by Gasteiger charge is 2.38. The normalized spacial score (nSPS) is 17.3. The van der Waals surface area contributed by atoms with E-state index >= 15 is 0 Å². The molecule has 1 saturated carbocycles. The van der Waals surface area contributed by atoms with Crippen LogP contribution in [0.1, 0.15) is 31.2 Å². The minimum absolute atomic E-state index is 0.501. The SMILES string of the molecule is COc1cc(Cl)cc(C2(N=C=O)CCCC2)c1Br. The first-order chi connectivity index (χ1) is 8.63. The first-order valence-corrected chi connectivity index (χ1v) is 6.92. The Balaban J connectivity index is 2.61. The van der Waals surface area contributed by atoms with Crippen LogP contribution in [-0.4, -0.2) is 13.2 Å². The van der Waals surface area contributed by atoms with Crippen molar-refractivity contribution < 1.29 is 9.53 Å². The summed E-state index contributed by atoms with van der Waals surface area (Å²) in [5, 5.41) is 0.581. The Labute approximate surface area is 119 Å². The van der Waals surface area contributed by atoms with Gasteiger partial charge in [-0.15, -0.1) is 0 Å². The van der Waals surface area contributed by atoms with Crippen LogP contribution in [0.25, 0.3) is 0 Å².